The fourth-order valence-electron chi connectivity index (χ4n) is 4.21. The number of imidazole rings is 1. The van der Waals surface area contributed by atoms with Gasteiger partial charge < -0.3 is 4.57 Å². The van der Waals surface area contributed by atoms with Gasteiger partial charge in [0.05, 0.1) is 17.7 Å². The average Bonchev–Trinajstić information content (AvgIpc) is 3.38. The number of hydrogen-bond acceptors (Lipinski definition) is 4. The summed E-state index contributed by atoms with van der Waals surface area (Å²) in [5.74, 6) is 0.219. The van der Waals surface area contributed by atoms with Gasteiger partial charge in [0.1, 0.15) is 17.2 Å². The first-order valence-electron chi connectivity index (χ1n) is 9.82. The van der Waals surface area contributed by atoms with E-state index in [1.165, 1.54) is 0 Å². The number of pyridine rings is 1. The zero-order valence-electron chi connectivity index (χ0n) is 16.1. The number of benzene rings is 1. The van der Waals surface area contributed by atoms with E-state index in [4.69, 9.17) is 0 Å². The molecule has 1 aliphatic carbocycles. The lowest BCUT2D eigenvalue weighted by Crippen LogP contribution is -2.16. The number of H-pyrrole nitrogens is 1. The van der Waals surface area contributed by atoms with Crippen molar-refractivity contribution in [3.05, 3.63) is 71.7 Å². The van der Waals surface area contributed by atoms with Crippen LogP contribution < -0.4 is 0 Å². The van der Waals surface area contributed by atoms with Gasteiger partial charge in [-0.1, -0.05) is 12.1 Å². The van der Waals surface area contributed by atoms with Crippen molar-refractivity contribution in [3.63, 3.8) is 0 Å². The van der Waals surface area contributed by atoms with Crippen molar-refractivity contribution in [3.8, 4) is 22.6 Å². The minimum absolute atomic E-state index is 0.0808. The molecule has 1 N–H and O–H groups in total. The Kier molecular flexibility index (Phi) is 4.42. The van der Waals surface area contributed by atoms with Crippen LogP contribution in [0.2, 0.25) is 0 Å². The SMILES string of the molecule is Cc1n[nH]nc1-c1ccnc(-c2cn(C[C@@H]3CCCc4c(F)cccc43)cn2)c1. The zero-order chi connectivity index (χ0) is 19.8. The van der Waals surface area contributed by atoms with E-state index in [1.54, 1.807) is 12.3 Å². The highest BCUT2D eigenvalue weighted by Gasteiger charge is 2.23. The Bertz CT molecular complexity index is 1160. The maximum absolute atomic E-state index is 14.2. The number of halogens is 1. The highest BCUT2D eigenvalue weighted by Crippen LogP contribution is 2.34. The molecule has 5 rings (SSSR count). The number of aryl methyl sites for hydroxylation is 1. The third kappa shape index (κ3) is 3.33. The van der Waals surface area contributed by atoms with Gasteiger partial charge in [-0.2, -0.15) is 15.4 Å². The molecular formula is C22H21FN6. The van der Waals surface area contributed by atoms with Crippen LogP contribution in [0.25, 0.3) is 22.6 Å². The normalized spacial score (nSPS) is 16.0. The van der Waals surface area contributed by atoms with Crippen LogP contribution in [0.4, 0.5) is 4.39 Å². The quantitative estimate of drug-likeness (QED) is 0.566. The van der Waals surface area contributed by atoms with E-state index in [1.807, 2.05) is 37.6 Å². The molecule has 0 bridgehead atoms. The summed E-state index contributed by atoms with van der Waals surface area (Å²) in [5, 5.41) is 10.9. The van der Waals surface area contributed by atoms with Gasteiger partial charge in [0.15, 0.2) is 0 Å². The third-order valence-electron chi connectivity index (χ3n) is 5.66. The molecule has 0 radical (unpaired) electrons. The van der Waals surface area contributed by atoms with Crippen molar-refractivity contribution in [1.29, 1.82) is 0 Å². The molecule has 3 aromatic heterocycles. The standard InChI is InChI=1S/C22H21FN6/c1-14-22(27-28-26-14)15-8-9-24-20(10-15)21-12-29(13-25-21)11-16-4-2-6-18-17(16)5-3-7-19(18)23/h3,5,7-10,12-13,16H,2,4,6,11H2,1H3,(H,26,27,28)/t16-/m0/s1. The van der Waals surface area contributed by atoms with Crippen molar-refractivity contribution in [2.24, 2.45) is 0 Å². The molecule has 0 spiro atoms. The number of nitrogens with one attached hydrogen (secondary N) is 1. The largest absolute Gasteiger partial charge is 0.336 e. The monoisotopic (exact) mass is 388 g/mol. The molecule has 3 heterocycles. The van der Waals surface area contributed by atoms with Crippen LogP contribution in [0.1, 0.15) is 35.6 Å². The summed E-state index contributed by atoms with van der Waals surface area (Å²) in [6.07, 6.45) is 8.50. The molecule has 0 fully saturated rings. The maximum atomic E-state index is 14.2. The molecule has 4 aromatic rings. The molecule has 0 aliphatic heterocycles. The number of aromatic nitrogens is 6. The van der Waals surface area contributed by atoms with Crippen molar-refractivity contribution in [1.82, 2.24) is 29.9 Å². The minimum atomic E-state index is -0.0808. The van der Waals surface area contributed by atoms with E-state index in [2.05, 4.69) is 36.0 Å². The maximum Gasteiger partial charge on any atom is 0.126 e. The number of aromatic amines is 1. The predicted molar refractivity (Wildman–Crippen MR) is 108 cm³/mol. The summed E-state index contributed by atoms with van der Waals surface area (Å²) in [5.41, 5.74) is 6.22. The molecule has 1 aliphatic rings. The number of fused-ring (bicyclic) bond motifs is 1. The molecule has 29 heavy (non-hydrogen) atoms. The van der Waals surface area contributed by atoms with Gasteiger partial charge in [-0.3, -0.25) is 4.98 Å². The van der Waals surface area contributed by atoms with Crippen LogP contribution in [-0.4, -0.2) is 29.9 Å². The minimum Gasteiger partial charge on any atom is -0.336 e. The molecule has 7 heteroatoms. The number of rotatable bonds is 4. The Morgan fingerprint density at radius 2 is 2.10 bits per heavy atom. The summed E-state index contributed by atoms with van der Waals surface area (Å²) in [4.78, 5) is 9.03. The first-order chi connectivity index (χ1) is 14.2. The Morgan fingerprint density at radius 1 is 1.17 bits per heavy atom. The van der Waals surface area contributed by atoms with Gasteiger partial charge in [-0.15, -0.1) is 0 Å². The lowest BCUT2D eigenvalue weighted by atomic mass is 9.82. The Hall–Kier alpha value is -3.35. The fourth-order valence-corrected chi connectivity index (χ4v) is 4.21. The second kappa shape index (κ2) is 7.24. The lowest BCUT2D eigenvalue weighted by Gasteiger charge is -2.26. The van der Waals surface area contributed by atoms with E-state index in [0.717, 1.165) is 65.3 Å². The Labute approximate surface area is 167 Å². The second-order valence-electron chi connectivity index (χ2n) is 7.54. The van der Waals surface area contributed by atoms with E-state index in [9.17, 15) is 4.39 Å². The van der Waals surface area contributed by atoms with Gasteiger partial charge in [0.2, 0.25) is 0 Å². The van der Waals surface area contributed by atoms with E-state index in [-0.39, 0.29) is 5.82 Å². The highest BCUT2D eigenvalue weighted by atomic mass is 19.1. The topological polar surface area (TPSA) is 72.3 Å². The Balaban J connectivity index is 1.40. The highest BCUT2D eigenvalue weighted by molar-refractivity contribution is 5.67. The molecular weight excluding hydrogens is 367 g/mol. The van der Waals surface area contributed by atoms with Crippen molar-refractivity contribution >= 4 is 0 Å². The van der Waals surface area contributed by atoms with E-state index >= 15 is 0 Å². The third-order valence-corrected chi connectivity index (χ3v) is 5.66. The summed E-state index contributed by atoms with van der Waals surface area (Å²) in [6.45, 7) is 2.70. The summed E-state index contributed by atoms with van der Waals surface area (Å²) in [7, 11) is 0. The van der Waals surface area contributed by atoms with Crippen molar-refractivity contribution < 1.29 is 4.39 Å². The average molecular weight is 388 g/mol. The van der Waals surface area contributed by atoms with Gasteiger partial charge >= 0.3 is 0 Å². The summed E-state index contributed by atoms with van der Waals surface area (Å²) in [6, 6.07) is 9.33. The van der Waals surface area contributed by atoms with Gasteiger partial charge in [0.25, 0.3) is 0 Å². The lowest BCUT2D eigenvalue weighted by molar-refractivity contribution is 0.469. The van der Waals surface area contributed by atoms with Crippen LogP contribution in [0.15, 0.2) is 49.1 Å². The van der Waals surface area contributed by atoms with Crippen LogP contribution in [0.5, 0.6) is 0 Å². The first-order valence-corrected chi connectivity index (χ1v) is 9.82. The molecule has 0 saturated carbocycles. The van der Waals surface area contributed by atoms with E-state index < -0.39 is 0 Å². The van der Waals surface area contributed by atoms with Gasteiger partial charge in [0, 0.05) is 30.4 Å². The van der Waals surface area contributed by atoms with E-state index in [0.29, 0.717) is 5.92 Å². The molecule has 6 nitrogen and oxygen atoms in total. The molecule has 1 atom stereocenters. The number of hydrogen-bond donors (Lipinski definition) is 1. The van der Waals surface area contributed by atoms with Gasteiger partial charge in [-0.05, 0) is 55.5 Å². The first kappa shape index (κ1) is 17.7. The summed E-state index contributed by atoms with van der Waals surface area (Å²) >= 11 is 0. The molecule has 0 unspecified atom stereocenters. The van der Waals surface area contributed by atoms with Crippen LogP contribution >= 0.6 is 0 Å². The molecule has 0 amide bonds. The Morgan fingerprint density at radius 3 is 2.97 bits per heavy atom. The van der Waals surface area contributed by atoms with Crippen molar-refractivity contribution in [2.75, 3.05) is 0 Å². The van der Waals surface area contributed by atoms with Gasteiger partial charge in [-0.25, -0.2) is 9.37 Å². The molecule has 1 aromatic carbocycles. The molecule has 0 saturated heterocycles. The van der Waals surface area contributed by atoms with Crippen LogP contribution in [-0.2, 0) is 13.0 Å². The number of nitrogens with zero attached hydrogens (tertiary/aromatic N) is 5. The van der Waals surface area contributed by atoms with Crippen LogP contribution in [0.3, 0.4) is 0 Å². The molecule has 146 valence electrons. The fraction of sp³-hybridized carbons (Fsp3) is 0.273. The smallest absolute Gasteiger partial charge is 0.126 e. The van der Waals surface area contributed by atoms with Crippen molar-refractivity contribution in [2.45, 2.75) is 38.6 Å². The summed E-state index contributed by atoms with van der Waals surface area (Å²) < 4.78 is 16.2. The zero-order valence-corrected chi connectivity index (χ0v) is 16.1. The van der Waals surface area contributed by atoms with Crippen LogP contribution in [0, 0.1) is 12.7 Å². The second-order valence-corrected chi connectivity index (χ2v) is 7.54. The predicted octanol–water partition coefficient (Wildman–Crippen LogP) is 4.30.